The maximum atomic E-state index is 12.9. The van der Waals surface area contributed by atoms with E-state index in [0.717, 1.165) is 11.0 Å². The minimum absolute atomic E-state index is 0.0297. The fourth-order valence-electron chi connectivity index (χ4n) is 2.00. The van der Waals surface area contributed by atoms with Crippen LogP contribution in [-0.2, 0) is 15.8 Å². The zero-order valence-electron chi connectivity index (χ0n) is 11.6. The van der Waals surface area contributed by atoms with E-state index in [-0.39, 0.29) is 12.0 Å². The highest BCUT2D eigenvalue weighted by molar-refractivity contribution is 5.81. The number of carbonyl (C=O) groups is 2. The first-order valence-corrected chi connectivity index (χ1v) is 6.24. The van der Waals surface area contributed by atoms with Crippen molar-refractivity contribution in [3.8, 4) is 0 Å². The van der Waals surface area contributed by atoms with E-state index in [9.17, 15) is 22.8 Å². The van der Waals surface area contributed by atoms with Gasteiger partial charge in [-0.15, -0.1) is 0 Å². The first kappa shape index (κ1) is 17.0. The Hall–Kier alpha value is -2.05. The van der Waals surface area contributed by atoms with E-state index in [2.05, 4.69) is 0 Å². The van der Waals surface area contributed by atoms with Crippen LogP contribution in [0, 0.1) is 0 Å². The van der Waals surface area contributed by atoms with E-state index < -0.39 is 36.1 Å². The molecule has 0 aromatic heterocycles. The summed E-state index contributed by atoms with van der Waals surface area (Å²) in [6.45, 7) is 1.03. The van der Waals surface area contributed by atoms with Crippen molar-refractivity contribution in [1.82, 2.24) is 4.90 Å². The molecule has 0 heterocycles. The fraction of sp³-hybridized carbons (Fsp3) is 0.429. The van der Waals surface area contributed by atoms with Gasteiger partial charge in [0.2, 0.25) is 5.91 Å². The molecule has 1 unspecified atom stereocenters. The standard InChI is InChI=1S/C14H16F3NO3/c1-9(7-12(19)18(2)8-13(20)21)10-5-3-4-6-11(10)14(15,16)17/h3-6,9H,7-8H2,1-2H3,(H,20,21). The predicted octanol–water partition coefficient (Wildman–Crippen LogP) is 2.74. The third kappa shape index (κ3) is 4.77. The first-order valence-electron chi connectivity index (χ1n) is 6.24. The van der Waals surface area contributed by atoms with Crippen LogP contribution >= 0.6 is 0 Å². The van der Waals surface area contributed by atoms with Crippen molar-refractivity contribution >= 4 is 11.9 Å². The molecule has 0 fully saturated rings. The van der Waals surface area contributed by atoms with Gasteiger partial charge in [0.25, 0.3) is 0 Å². The molecule has 1 atom stereocenters. The lowest BCUT2D eigenvalue weighted by molar-refractivity contribution is -0.143. The van der Waals surface area contributed by atoms with Gasteiger partial charge < -0.3 is 10.0 Å². The Bertz CT molecular complexity index is 528. The smallest absolute Gasteiger partial charge is 0.416 e. The van der Waals surface area contributed by atoms with Crippen LogP contribution in [-0.4, -0.2) is 35.5 Å². The molecular formula is C14H16F3NO3. The summed E-state index contributed by atoms with van der Waals surface area (Å²) < 4.78 is 38.7. The van der Waals surface area contributed by atoms with Crippen LogP contribution in [0.4, 0.5) is 13.2 Å². The number of rotatable bonds is 5. The Morgan fingerprint density at radius 3 is 2.38 bits per heavy atom. The maximum Gasteiger partial charge on any atom is 0.416 e. The Morgan fingerprint density at radius 1 is 1.29 bits per heavy atom. The molecule has 0 saturated heterocycles. The molecule has 1 rings (SSSR count). The molecule has 21 heavy (non-hydrogen) atoms. The predicted molar refractivity (Wildman–Crippen MR) is 69.7 cm³/mol. The molecule has 0 bridgehead atoms. The molecule has 0 aliphatic heterocycles. The summed E-state index contributed by atoms with van der Waals surface area (Å²) in [6.07, 6.45) is -4.67. The Kier molecular flexibility index (Phi) is 5.34. The summed E-state index contributed by atoms with van der Waals surface area (Å²) in [5.74, 6) is -2.34. The SMILES string of the molecule is CC(CC(=O)N(C)CC(=O)O)c1ccccc1C(F)(F)F. The zero-order valence-corrected chi connectivity index (χ0v) is 11.6. The van der Waals surface area contributed by atoms with E-state index in [0.29, 0.717) is 0 Å². The third-order valence-electron chi connectivity index (χ3n) is 3.08. The van der Waals surface area contributed by atoms with Crippen LogP contribution in [0.15, 0.2) is 24.3 Å². The zero-order chi connectivity index (χ0) is 16.2. The number of carboxylic acids is 1. The van der Waals surface area contributed by atoms with E-state index in [1.807, 2.05) is 0 Å². The number of likely N-dealkylation sites (N-methyl/N-ethyl adjacent to an activating group) is 1. The second-order valence-corrected chi connectivity index (χ2v) is 4.83. The normalized spacial score (nSPS) is 12.8. The van der Waals surface area contributed by atoms with Gasteiger partial charge >= 0.3 is 12.1 Å². The number of carbonyl (C=O) groups excluding carboxylic acids is 1. The van der Waals surface area contributed by atoms with Gasteiger partial charge in [0.05, 0.1) is 5.56 Å². The molecule has 0 saturated carbocycles. The molecular weight excluding hydrogens is 287 g/mol. The minimum Gasteiger partial charge on any atom is -0.480 e. The number of amides is 1. The molecule has 1 N–H and O–H groups in total. The molecule has 0 radical (unpaired) electrons. The quantitative estimate of drug-likeness (QED) is 0.910. The van der Waals surface area contributed by atoms with Crippen LogP contribution in [0.2, 0.25) is 0 Å². The second-order valence-electron chi connectivity index (χ2n) is 4.83. The number of nitrogens with zero attached hydrogens (tertiary/aromatic N) is 1. The summed E-state index contributed by atoms with van der Waals surface area (Å²) in [4.78, 5) is 23.3. The van der Waals surface area contributed by atoms with Gasteiger partial charge in [-0.2, -0.15) is 13.2 Å². The lowest BCUT2D eigenvalue weighted by Gasteiger charge is -2.20. The molecule has 0 aliphatic carbocycles. The van der Waals surface area contributed by atoms with Gasteiger partial charge in [0.1, 0.15) is 6.54 Å². The van der Waals surface area contributed by atoms with Crippen LogP contribution < -0.4 is 0 Å². The number of carboxylic acid groups (broad SMARTS) is 1. The van der Waals surface area contributed by atoms with Gasteiger partial charge in [-0.25, -0.2) is 0 Å². The van der Waals surface area contributed by atoms with E-state index in [4.69, 9.17) is 5.11 Å². The summed E-state index contributed by atoms with van der Waals surface area (Å²) >= 11 is 0. The molecule has 0 spiro atoms. The van der Waals surface area contributed by atoms with Crippen molar-refractivity contribution in [3.05, 3.63) is 35.4 Å². The van der Waals surface area contributed by atoms with Crippen LogP contribution in [0.5, 0.6) is 0 Å². The highest BCUT2D eigenvalue weighted by atomic mass is 19.4. The number of hydrogen-bond donors (Lipinski definition) is 1. The summed E-state index contributed by atoms with van der Waals surface area (Å²) in [6, 6.07) is 5.07. The van der Waals surface area contributed by atoms with Crippen molar-refractivity contribution in [2.75, 3.05) is 13.6 Å². The molecule has 4 nitrogen and oxygen atoms in total. The first-order chi connectivity index (χ1) is 9.62. The molecule has 1 amide bonds. The summed E-state index contributed by atoms with van der Waals surface area (Å²) in [5.41, 5.74) is -0.742. The van der Waals surface area contributed by atoms with Crippen LogP contribution in [0.25, 0.3) is 0 Å². The maximum absolute atomic E-state index is 12.9. The average Bonchev–Trinajstić information content (AvgIpc) is 2.36. The van der Waals surface area contributed by atoms with Crippen LogP contribution in [0.3, 0.4) is 0 Å². The van der Waals surface area contributed by atoms with Gasteiger partial charge in [0, 0.05) is 13.5 Å². The number of halogens is 3. The van der Waals surface area contributed by atoms with E-state index >= 15 is 0 Å². The highest BCUT2D eigenvalue weighted by Crippen LogP contribution is 2.36. The largest absolute Gasteiger partial charge is 0.480 e. The third-order valence-corrected chi connectivity index (χ3v) is 3.08. The number of aliphatic carboxylic acids is 1. The van der Waals surface area contributed by atoms with Crippen molar-refractivity contribution in [1.29, 1.82) is 0 Å². The van der Waals surface area contributed by atoms with Crippen molar-refractivity contribution in [3.63, 3.8) is 0 Å². The number of alkyl halides is 3. The number of hydrogen-bond acceptors (Lipinski definition) is 2. The second kappa shape index (κ2) is 6.60. The van der Waals surface area contributed by atoms with Gasteiger partial charge in [0.15, 0.2) is 0 Å². The Morgan fingerprint density at radius 2 is 1.86 bits per heavy atom. The molecule has 116 valence electrons. The lowest BCUT2D eigenvalue weighted by atomic mass is 9.92. The molecule has 7 heteroatoms. The fourth-order valence-corrected chi connectivity index (χ4v) is 2.00. The van der Waals surface area contributed by atoms with E-state index in [1.54, 1.807) is 0 Å². The number of benzene rings is 1. The van der Waals surface area contributed by atoms with Gasteiger partial charge in [-0.05, 0) is 17.5 Å². The molecule has 1 aromatic carbocycles. The van der Waals surface area contributed by atoms with Crippen molar-refractivity contribution < 1.29 is 27.9 Å². The van der Waals surface area contributed by atoms with Crippen molar-refractivity contribution in [2.24, 2.45) is 0 Å². The highest BCUT2D eigenvalue weighted by Gasteiger charge is 2.34. The molecule has 0 aliphatic rings. The van der Waals surface area contributed by atoms with Crippen molar-refractivity contribution in [2.45, 2.75) is 25.4 Å². The summed E-state index contributed by atoms with van der Waals surface area (Å²) in [5, 5.41) is 8.59. The van der Waals surface area contributed by atoms with E-state index in [1.165, 1.54) is 32.2 Å². The van der Waals surface area contributed by atoms with Gasteiger partial charge in [-0.1, -0.05) is 25.1 Å². The topological polar surface area (TPSA) is 57.6 Å². The average molecular weight is 303 g/mol. The van der Waals surface area contributed by atoms with Gasteiger partial charge in [-0.3, -0.25) is 9.59 Å². The Labute approximate surface area is 120 Å². The lowest BCUT2D eigenvalue weighted by Crippen LogP contribution is -2.32. The van der Waals surface area contributed by atoms with Crippen LogP contribution in [0.1, 0.15) is 30.4 Å². The Balaban J connectivity index is 2.88. The monoisotopic (exact) mass is 303 g/mol. The summed E-state index contributed by atoms with van der Waals surface area (Å²) in [7, 11) is 1.30. The minimum atomic E-state index is -4.49. The molecule has 1 aromatic rings.